The van der Waals surface area contributed by atoms with Crippen LogP contribution in [0.25, 0.3) is 0 Å². The van der Waals surface area contributed by atoms with Crippen LogP contribution >= 0.6 is 0 Å². The van der Waals surface area contributed by atoms with Crippen LogP contribution in [-0.4, -0.2) is 36.3 Å². The van der Waals surface area contributed by atoms with Crippen molar-refractivity contribution in [1.29, 1.82) is 0 Å². The van der Waals surface area contributed by atoms with E-state index in [1.165, 1.54) is 6.92 Å². The summed E-state index contributed by atoms with van der Waals surface area (Å²) in [6.07, 6.45) is -0.840. The first-order chi connectivity index (χ1) is 12.4. The van der Waals surface area contributed by atoms with E-state index in [1.807, 2.05) is 25.1 Å². The summed E-state index contributed by atoms with van der Waals surface area (Å²) < 4.78 is 5.43. The number of nitrogens with one attached hydrogen (secondary N) is 3. The van der Waals surface area contributed by atoms with Gasteiger partial charge in [-0.2, -0.15) is 0 Å². The highest BCUT2D eigenvalue weighted by Crippen LogP contribution is 2.20. The minimum absolute atomic E-state index is 0.0447. The van der Waals surface area contributed by atoms with Crippen molar-refractivity contribution in [3.63, 3.8) is 0 Å². The van der Waals surface area contributed by atoms with Crippen LogP contribution in [0.4, 0.5) is 16.2 Å². The van der Waals surface area contributed by atoms with E-state index >= 15 is 0 Å². The molecule has 1 atom stereocenters. The molecule has 1 unspecified atom stereocenters. The molecular weight excluding hydrogens is 334 g/mol. The van der Waals surface area contributed by atoms with E-state index in [0.29, 0.717) is 17.1 Å². The third-order valence-corrected chi connectivity index (χ3v) is 3.49. The molecule has 0 radical (unpaired) electrons. The highest BCUT2D eigenvalue weighted by molar-refractivity contribution is 5.93. The highest BCUT2D eigenvalue weighted by atomic mass is 16.5. The molecule has 0 saturated carbocycles. The highest BCUT2D eigenvalue weighted by Gasteiger charge is 2.10. The molecule has 2 aromatic rings. The molecule has 0 aliphatic rings. The second-order valence-electron chi connectivity index (χ2n) is 5.82. The van der Waals surface area contributed by atoms with E-state index in [-0.39, 0.29) is 19.1 Å². The molecule has 2 aromatic carbocycles. The van der Waals surface area contributed by atoms with E-state index in [9.17, 15) is 14.7 Å². The van der Waals surface area contributed by atoms with E-state index in [4.69, 9.17) is 4.74 Å². The fourth-order valence-electron chi connectivity index (χ4n) is 2.18. The second kappa shape index (κ2) is 9.43. The number of hydrogen-bond acceptors (Lipinski definition) is 4. The standard InChI is InChI=1S/C19H23N3O4/c1-13-8-9-15(21-14(2)23)10-18(13)22-19(25)20-11-16(24)12-26-17-6-4-3-5-7-17/h3-10,16,24H,11-12H2,1-2H3,(H,21,23)(H2,20,22,25). The van der Waals surface area contributed by atoms with Crippen LogP contribution in [0.15, 0.2) is 48.5 Å². The summed E-state index contributed by atoms with van der Waals surface area (Å²) in [5.41, 5.74) is 2.01. The minimum atomic E-state index is -0.840. The predicted molar refractivity (Wildman–Crippen MR) is 100 cm³/mol. The molecule has 0 saturated heterocycles. The van der Waals surface area contributed by atoms with Crippen LogP contribution in [0.3, 0.4) is 0 Å². The van der Waals surface area contributed by atoms with Crippen molar-refractivity contribution in [2.24, 2.45) is 0 Å². The van der Waals surface area contributed by atoms with Gasteiger partial charge in [-0.3, -0.25) is 4.79 Å². The lowest BCUT2D eigenvalue weighted by atomic mass is 10.2. The van der Waals surface area contributed by atoms with Crippen LogP contribution in [0.5, 0.6) is 5.75 Å². The fourth-order valence-corrected chi connectivity index (χ4v) is 2.18. The normalized spacial score (nSPS) is 11.3. The summed E-state index contributed by atoms with van der Waals surface area (Å²) in [6.45, 7) is 3.37. The summed E-state index contributed by atoms with van der Waals surface area (Å²) in [5, 5.41) is 17.9. The van der Waals surface area contributed by atoms with Gasteiger partial charge in [-0.1, -0.05) is 24.3 Å². The lowest BCUT2D eigenvalue weighted by Crippen LogP contribution is -2.37. The van der Waals surface area contributed by atoms with Crippen molar-refractivity contribution in [2.45, 2.75) is 20.0 Å². The van der Waals surface area contributed by atoms with Gasteiger partial charge in [-0.25, -0.2) is 4.79 Å². The summed E-state index contributed by atoms with van der Waals surface area (Å²) in [6, 6.07) is 13.9. The molecule has 4 N–H and O–H groups in total. The largest absolute Gasteiger partial charge is 0.491 e. The zero-order valence-electron chi connectivity index (χ0n) is 14.8. The Kier molecular flexibility index (Phi) is 6.99. The molecule has 0 aliphatic heterocycles. The van der Waals surface area contributed by atoms with Crippen LogP contribution in [0, 0.1) is 6.92 Å². The molecule has 7 heteroatoms. The first-order valence-electron chi connectivity index (χ1n) is 8.23. The summed E-state index contributed by atoms with van der Waals surface area (Å²) in [7, 11) is 0. The van der Waals surface area contributed by atoms with Gasteiger partial charge >= 0.3 is 6.03 Å². The number of amides is 3. The smallest absolute Gasteiger partial charge is 0.319 e. The number of para-hydroxylation sites is 1. The van der Waals surface area contributed by atoms with Gasteiger partial charge in [0.25, 0.3) is 0 Å². The Balaban J connectivity index is 1.80. The molecule has 0 aromatic heterocycles. The first-order valence-corrected chi connectivity index (χ1v) is 8.23. The van der Waals surface area contributed by atoms with Crippen LogP contribution in [0.2, 0.25) is 0 Å². The van der Waals surface area contributed by atoms with Gasteiger partial charge in [0.05, 0.1) is 0 Å². The lowest BCUT2D eigenvalue weighted by molar-refractivity contribution is -0.114. The zero-order valence-corrected chi connectivity index (χ0v) is 14.8. The quantitative estimate of drug-likeness (QED) is 0.612. The van der Waals surface area contributed by atoms with Crippen molar-refractivity contribution < 1.29 is 19.4 Å². The molecule has 0 bridgehead atoms. The van der Waals surface area contributed by atoms with Gasteiger partial charge in [-0.15, -0.1) is 0 Å². The summed E-state index contributed by atoms with van der Waals surface area (Å²) >= 11 is 0. The van der Waals surface area contributed by atoms with Gasteiger partial charge in [-0.05, 0) is 36.8 Å². The number of hydrogen-bond donors (Lipinski definition) is 4. The number of urea groups is 1. The number of carbonyl (C=O) groups is 2. The van der Waals surface area contributed by atoms with Crippen LogP contribution in [-0.2, 0) is 4.79 Å². The van der Waals surface area contributed by atoms with Crippen LogP contribution in [0.1, 0.15) is 12.5 Å². The van der Waals surface area contributed by atoms with E-state index in [1.54, 1.807) is 30.3 Å². The number of anilines is 2. The van der Waals surface area contributed by atoms with Gasteiger partial charge in [0.2, 0.25) is 5.91 Å². The second-order valence-corrected chi connectivity index (χ2v) is 5.82. The average molecular weight is 357 g/mol. The third kappa shape index (κ3) is 6.45. The van der Waals surface area contributed by atoms with Crippen molar-refractivity contribution in [1.82, 2.24) is 5.32 Å². The maximum atomic E-state index is 12.0. The number of carbonyl (C=O) groups excluding carboxylic acids is 2. The monoisotopic (exact) mass is 357 g/mol. The van der Waals surface area contributed by atoms with Gasteiger partial charge in [0, 0.05) is 24.8 Å². The first kappa shape index (κ1) is 19.3. The van der Waals surface area contributed by atoms with Gasteiger partial charge in [0.1, 0.15) is 18.5 Å². The Morgan fingerprint density at radius 3 is 2.54 bits per heavy atom. The number of benzene rings is 2. The predicted octanol–water partition coefficient (Wildman–Crippen LogP) is 2.51. The van der Waals surface area contributed by atoms with Crippen molar-refractivity contribution in [3.8, 4) is 5.75 Å². The molecule has 0 fully saturated rings. The van der Waals surface area contributed by atoms with Gasteiger partial charge in [0.15, 0.2) is 0 Å². The van der Waals surface area contributed by atoms with Crippen molar-refractivity contribution in [2.75, 3.05) is 23.8 Å². The Morgan fingerprint density at radius 1 is 1.12 bits per heavy atom. The maximum absolute atomic E-state index is 12.0. The Labute approximate surface area is 152 Å². The SMILES string of the molecule is CC(=O)Nc1ccc(C)c(NC(=O)NCC(O)COc2ccccc2)c1. The Hall–Kier alpha value is -3.06. The Morgan fingerprint density at radius 2 is 1.85 bits per heavy atom. The zero-order chi connectivity index (χ0) is 18.9. The number of aliphatic hydroxyl groups is 1. The van der Waals surface area contributed by atoms with Crippen molar-refractivity contribution >= 4 is 23.3 Å². The fraction of sp³-hybridized carbons (Fsp3) is 0.263. The molecule has 26 heavy (non-hydrogen) atoms. The topological polar surface area (TPSA) is 99.7 Å². The molecule has 0 heterocycles. The summed E-state index contributed by atoms with van der Waals surface area (Å²) in [4.78, 5) is 23.1. The van der Waals surface area contributed by atoms with Crippen LogP contribution < -0.4 is 20.7 Å². The van der Waals surface area contributed by atoms with Gasteiger partial charge < -0.3 is 25.8 Å². The maximum Gasteiger partial charge on any atom is 0.319 e. The number of rotatable bonds is 7. The lowest BCUT2D eigenvalue weighted by Gasteiger charge is -2.15. The van der Waals surface area contributed by atoms with Crippen molar-refractivity contribution in [3.05, 3.63) is 54.1 Å². The number of ether oxygens (including phenoxy) is 1. The van der Waals surface area contributed by atoms with E-state index in [0.717, 1.165) is 5.56 Å². The molecule has 3 amide bonds. The molecule has 0 spiro atoms. The molecular formula is C19H23N3O4. The van der Waals surface area contributed by atoms with E-state index in [2.05, 4.69) is 16.0 Å². The summed E-state index contributed by atoms with van der Waals surface area (Å²) in [5.74, 6) is 0.465. The number of aryl methyl sites for hydroxylation is 1. The third-order valence-electron chi connectivity index (χ3n) is 3.49. The molecule has 2 rings (SSSR count). The molecule has 0 aliphatic carbocycles. The molecule has 7 nitrogen and oxygen atoms in total. The minimum Gasteiger partial charge on any atom is -0.491 e. The Bertz CT molecular complexity index is 750. The molecule has 138 valence electrons. The number of aliphatic hydroxyl groups excluding tert-OH is 1. The average Bonchev–Trinajstić information content (AvgIpc) is 2.61. The van der Waals surface area contributed by atoms with E-state index < -0.39 is 12.1 Å².